The van der Waals surface area contributed by atoms with E-state index in [1.165, 1.54) is 6.33 Å². The Morgan fingerprint density at radius 3 is 2.73 bits per heavy atom. The van der Waals surface area contributed by atoms with Crippen molar-refractivity contribution in [2.45, 2.75) is 6.54 Å². The van der Waals surface area contributed by atoms with Crippen molar-refractivity contribution >= 4 is 29.0 Å². The lowest BCUT2D eigenvalue weighted by Crippen LogP contribution is -2.24. The Labute approximate surface area is 155 Å². The molecule has 132 valence electrons. The second-order valence-corrected chi connectivity index (χ2v) is 5.73. The van der Waals surface area contributed by atoms with Crippen LogP contribution in [0.3, 0.4) is 0 Å². The summed E-state index contributed by atoms with van der Waals surface area (Å²) in [5.74, 6) is 0.761. The van der Waals surface area contributed by atoms with Crippen LogP contribution < -0.4 is 15.4 Å². The molecule has 0 radical (unpaired) electrons. The molecule has 0 saturated carbocycles. The van der Waals surface area contributed by atoms with Gasteiger partial charge in [-0.1, -0.05) is 11.6 Å². The summed E-state index contributed by atoms with van der Waals surface area (Å²) in [4.78, 5) is 24.4. The zero-order valence-corrected chi connectivity index (χ0v) is 14.7. The molecule has 0 atom stereocenters. The minimum Gasteiger partial charge on any atom is -0.495 e. The van der Waals surface area contributed by atoms with Gasteiger partial charge in [-0.25, -0.2) is 9.97 Å². The molecule has 8 heteroatoms. The Morgan fingerprint density at radius 2 is 1.96 bits per heavy atom. The van der Waals surface area contributed by atoms with E-state index in [9.17, 15) is 4.79 Å². The third-order valence-corrected chi connectivity index (χ3v) is 3.76. The Hall–Kier alpha value is -3.19. The molecular formula is C18H16ClN5O2. The standard InChI is InChI=1S/C18H16ClN5O2/c1-26-16-3-2-13(19)8-14(16)24-17-9-15(22-11-23-17)18(25)21-10-12-4-6-20-7-5-12/h2-9,11H,10H2,1H3,(H,21,25)(H,22,23,24). The minimum atomic E-state index is -0.301. The number of amides is 1. The largest absolute Gasteiger partial charge is 0.495 e. The number of benzene rings is 1. The van der Waals surface area contributed by atoms with Crippen molar-refractivity contribution in [3.05, 3.63) is 71.4 Å². The van der Waals surface area contributed by atoms with Gasteiger partial charge in [0.25, 0.3) is 5.91 Å². The van der Waals surface area contributed by atoms with Crippen LogP contribution in [-0.2, 0) is 6.54 Å². The van der Waals surface area contributed by atoms with Gasteiger partial charge in [-0.05, 0) is 35.9 Å². The van der Waals surface area contributed by atoms with Gasteiger partial charge in [0, 0.05) is 30.0 Å². The summed E-state index contributed by atoms with van der Waals surface area (Å²) in [5.41, 5.74) is 1.84. The van der Waals surface area contributed by atoms with Gasteiger partial charge < -0.3 is 15.4 Å². The van der Waals surface area contributed by atoms with Crippen LogP contribution in [0.25, 0.3) is 0 Å². The molecule has 26 heavy (non-hydrogen) atoms. The monoisotopic (exact) mass is 369 g/mol. The second kappa shape index (κ2) is 8.26. The Balaban J connectivity index is 1.72. The van der Waals surface area contributed by atoms with Crippen LogP contribution in [0.15, 0.2) is 55.1 Å². The van der Waals surface area contributed by atoms with Gasteiger partial charge in [0.05, 0.1) is 12.8 Å². The molecule has 2 aromatic heterocycles. The van der Waals surface area contributed by atoms with E-state index in [0.717, 1.165) is 5.56 Å². The van der Waals surface area contributed by atoms with Crippen LogP contribution in [0, 0.1) is 0 Å². The zero-order chi connectivity index (χ0) is 18.4. The first-order valence-electron chi connectivity index (χ1n) is 7.75. The van der Waals surface area contributed by atoms with Crippen LogP contribution in [0.2, 0.25) is 5.02 Å². The maximum absolute atomic E-state index is 12.3. The van der Waals surface area contributed by atoms with Crippen molar-refractivity contribution in [2.24, 2.45) is 0 Å². The van der Waals surface area contributed by atoms with Gasteiger partial charge in [-0.15, -0.1) is 0 Å². The first-order valence-corrected chi connectivity index (χ1v) is 8.13. The molecule has 1 aromatic carbocycles. The summed E-state index contributed by atoms with van der Waals surface area (Å²) in [6.45, 7) is 0.385. The molecule has 3 aromatic rings. The van der Waals surface area contributed by atoms with Crippen LogP contribution in [0.5, 0.6) is 5.75 Å². The van der Waals surface area contributed by atoms with E-state index in [-0.39, 0.29) is 11.6 Å². The predicted molar refractivity (Wildman–Crippen MR) is 98.7 cm³/mol. The fourth-order valence-corrected chi connectivity index (χ4v) is 2.41. The molecule has 2 N–H and O–H groups in total. The van der Waals surface area contributed by atoms with Crippen LogP contribution >= 0.6 is 11.6 Å². The number of nitrogens with zero attached hydrogens (tertiary/aromatic N) is 3. The number of pyridine rings is 1. The third kappa shape index (κ3) is 4.46. The fraction of sp³-hybridized carbons (Fsp3) is 0.111. The van der Waals surface area contributed by atoms with Crippen molar-refractivity contribution in [1.29, 1.82) is 0 Å². The first kappa shape index (κ1) is 17.6. The summed E-state index contributed by atoms with van der Waals surface area (Å²) in [6.07, 6.45) is 4.67. The highest BCUT2D eigenvalue weighted by molar-refractivity contribution is 6.31. The molecule has 0 aliphatic rings. The van der Waals surface area contributed by atoms with E-state index >= 15 is 0 Å². The van der Waals surface area contributed by atoms with Crippen LogP contribution in [-0.4, -0.2) is 28.0 Å². The quantitative estimate of drug-likeness (QED) is 0.693. The number of carbonyl (C=O) groups is 1. The van der Waals surface area contributed by atoms with Gasteiger partial charge in [-0.2, -0.15) is 0 Å². The van der Waals surface area contributed by atoms with Crippen molar-refractivity contribution in [3.8, 4) is 5.75 Å². The molecule has 1 amide bonds. The van der Waals surface area contributed by atoms with Crippen LogP contribution in [0.1, 0.15) is 16.1 Å². The highest BCUT2D eigenvalue weighted by Crippen LogP contribution is 2.29. The number of hydrogen-bond donors (Lipinski definition) is 2. The van der Waals surface area contributed by atoms with Gasteiger partial charge >= 0.3 is 0 Å². The van der Waals surface area contributed by atoms with E-state index in [1.807, 2.05) is 12.1 Å². The maximum atomic E-state index is 12.3. The smallest absolute Gasteiger partial charge is 0.270 e. The highest BCUT2D eigenvalue weighted by Gasteiger charge is 2.10. The Morgan fingerprint density at radius 1 is 1.15 bits per heavy atom. The topological polar surface area (TPSA) is 89.0 Å². The molecule has 0 unspecified atom stereocenters. The number of rotatable bonds is 6. The average molecular weight is 370 g/mol. The number of nitrogens with one attached hydrogen (secondary N) is 2. The zero-order valence-electron chi connectivity index (χ0n) is 13.9. The number of hydrogen-bond acceptors (Lipinski definition) is 6. The number of anilines is 2. The summed E-state index contributed by atoms with van der Waals surface area (Å²) >= 11 is 6.02. The summed E-state index contributed by atoms with van der Waals surface area (Å²) in [6, 6.07) is 10.4. The van der Waals surface area contributed by atoms with Crippen molar-refractivity contribution in [1.82, 2.24) is 20.3 Å². The Bertz CT molecular complexity index is 905. The van der Waals surface area contributed by atoms with E-state index < -0.39 is 0 Å². The van der Waals surface area contributed by atoms with Gasteiger partial charge in [0.15, 0.2) is 0 Å². The molecule has 2 heterocycles. The lowest BCUT2D eigenvalue weighted by molar-refractivity contribution is 0.0946. The van der Waals surface area contributed by atoms with Gasteiger partial charge in [-0.3, -0.25) is 9.78 Å². The first-order chi connectivity index (χ1) is 12.7. The lowest BCUT2D eigenvalue weighted by Gasteiger charge is -2.11. The number of methoxy groups -OCH3 is 1. The van der Waals surface area contributed by atoms with E-state index in [2.05, 4.69) is 25.6 Å². The number of aromatic nitrogens is 3. The second-order valence-electron chi connectivity index (χ2n) is 5.30. The minimum absolute atomic E-state index is 0.248. The van der Waals surface area contributed by atoms with Gasteiger partial charge in [0.1, 0.15) is 23.6 Å². The van der Waals surface area contributed by atoms with Gasteiger partial charge in [0.2, 0.25) is 0 Å². The molecule has 7 nitrogen and oxygen atoms in total. The average Bonchev–Trinajstić information content (AvgIpc) is 2.67. The predicted octanol–water partition coefficient (Wildman–Crippen LogP) is 3.21. The van der Waals surface area contributed by atoms with E-state index in [1.54, 1.807) is 43.8 Å². The molecule has 0 bridgehead atoms. The van der Waals surface area contributed by atoms with Crippen molar-refractivity contribution in [3.63, 3.8) is 0 Å². The SMILES string of the molecule is COc1ccc(Cl)cc1Nc1cc(C(=O)NCc2ccncc2)ncn1. The molecule has 0 aliphatic heterocycles. The highest BCUT2D eigenvalue weighted by atomic mass is 35.5. The molecule has 0 fully saturated rings. The van der Waals surface area contributed by atoms with E-state index in [0.29, 0.717) is 28.8 Å². The van der Waals surface area contributed by atoms with Crippen LogP contribution in [0.4, 0.5) is 11.5 Å². The number of halogens is 1. The molecule has 0 saturated heterocycles. The molecular weight excluding hydrogens is 354 g/mol. The third-order valence-electron chi connectivity index (χ3n) is 3.53. The fourth-order valence-electron chi connectivity index (χ4n) is 2.24. The lowest BCUT2D eigenvalue weighted by atomic mass is 10.2. The maximum Gasteiger partial charge on any atom is 0.270 e. The number of carbonyl (C=O) groups excluding carboxylic acids is 1. The summed E-state index contributed by atoms with van der Waals surface area (Å²) in [5, 5.41) is 6.45. The molecule has 0 aliphatic carbocycles. The molecule has 3 rings (SSSR count). The van der Waals surface area contributed by atoms with Crippen molar-refractivity contribution in [2.75, 3.05) is 12.4 Å². The van der Waals surface area contributed by atoms with E-state index in [4.69, 9.17) is 16.3 Å². The Kier molecular flexibility index (Phi) is 5.60. The normalized spacial score (nSPS) is 10.2. The summed E-state index contributed by atoms with van der Waals surface area (Å²) < 4.78 is 5.29. The number of ether oxygens (including phenoxy) is 1. The van der Waals surface area contributed by atoms with Crippen molar-refractivity contribution < 1.29 is 9.53 Å². The summed E-state index contributed by atoms with van der Waals surface area (Å²) in [7, 11) is 1.56. The molecule has 0 spiro atoms.